The molecule has 1 rings (SSSR count). The number of hydrogen-bond donors (Lipinski definition) is 1. The molecule has 1 nitrogen and oxygen atoms in total. The lowest BCUT2D eigenvalue weighted by Crippen LogP contribution is -2.36. The number of unbranched alkanes of at least 4 members (excludes halogenated alkanes) is 2. The van der Waals surface area contributed by atoms with Gasteiger partial charge in [-0.1, -0.05) is 52.4 Å². The molecule has 1 N–H and O–H groups in total. The SMILES string of the molecule is CCCCCC1(CNCC)CCCCC1. The zero-order valence-electron chi connectivity index (χ0n) is 10.8. The molecule has 1 aliphatic carbocycles. The number of rotatable bonds is 7. The van der Waals surface area contributed by atoms with Gasteiger partial charge >= 0.3 is 0 Å². The van der Waals surface area contributed by atoms with Crippen molar-refractivity contribution >= 4 is 0 Å². The average molecular weight is 211 g/mol. The Morgan fingerprint density at radius 2 is 1.73 bits per heavy atom. The van der Waals surface area contributed by atoms with Crippen molar-refractivity contribution in [1.29, 1.82) is 0 Å². The van der Waals surface area contributed by atoms with Crippen LogP contribution in [0, 0.1) is 5.41 Å². The van der Waals surface area contributed by atoms with Gasteiger partial charge in [0.25, 0.3) is 0 Å². The van der Waals surface area contributed by atoms with E-state index >= 15 is 0 Å². The minimum Gasteiger partial charge on any atom is -0.316 e. The molecule has 0 heterocycles. The Kier molecular flexibility index (Phi) is 6.31. The highest BCUT2D eigenvalue weighted by Gasteiger charge is 2.30. The normalized spacial score (nSPS) is 20.4. The molecule has 1 aliphatic rings. The van der Waals surface area contributed by atoms with E-state index in [-0.39, 0.29) is 0 Å². The maximum Gasteiger partial charge on any atom is 0.000769 e. The van der Waals surface area contributed by atoms with Crippen LogP contribution in [0.25, 0.3) is 0 Å². The number of nitrogens with one attached hydrogen (secondary N) is 1. The lowest BCUT2D eigenvalue weighted by Gasteiger charge is -2.38. The van der Waals surface area contributed by atoms with Crippen LogP contribution < -0.4 is 5.32 Å². The van der Waals surface area contributed by atoms with Crippen molar-refractivity contribution in [3.63, 3.8) is 0 Å². The molecular weight excluding hydrogens is 182 g/mol. The second kappa shape index (κ2) is 7.27. The highest BCUT2D eigenvalue weighted by atomic mass is 14.9. The van der Waals surface area contributed by atoms with Gasteiger partial charge in [-0.25, -0.2) is 0 Å². The summed E-state index contributed by atoms with van der Waals surface area (Å²) < 4.78 is 0. The first-order chi connectivity index (χ1) is 7.33. The zero-order valence-corrected chi connectivity index (χ0v) is 10.8. The topological polar surface area (TPSA) is 12.0 Å². The Bertz CT molecular complexity index is 147. The van der Waals surface area contributed by atoms with Crippen molar-refractivity contribution in [1.82, 2.24) is 5.32 Å². The molecule has 0 radical (unpaired) electrons. The third-order valence-electron chi connectivity index (χ3n) is 3.97. The van der Waals surface area contributed by atoms with Crippen LogP contribution in [0.5, 0.6) is 0 Å². The Morgan fingerprint density at radius 3 is 2.33 bits per heavy atom. The highest BCUT2D eigenvalue weighted by molar-refractivity contribution is 4.84. The molecule has 0 spiro atoms. The van der Waals surface area contributed by atoms with E-state index in [9.17, 15) is 0 Å². The van der Waals surface area contributed by atoms with E-state index in [4.69, 9.17) is 0 Å². The van der Waals surface area contributed by atoms with Crippen molar-refractivity contribution in [3.8, 4) is 0 Å². The molecule has 0 aliphatic heterocycles. The second-order valence-electron chi connectivity index (χ2n) is 5.30. The largest absolute Gasteiger partial charge is 0.316 e. The van der Waals surface area contributed by atoms with E-state index in [2.05, 4.69) is 19.2 Å². The molecule has 0 saturated heterocycles. The zero-order chi connectivity index (χ0) is 11.0. The molecule has 0 aromatic rings. The molecule has 1 heteroatoms. The number of hydrogen-bond acceptors (Lipinski definition) is 1. The van der Waals surface area contributed by atoms with Gasteiger partial charge in [-0.3, -0.25) is 0 Å². The summed E-state index contributed by atoms with van der Waals surface area (Å²) in [4.78, 5) is 0. The summed E-state index contributed by atoms with van der Waals surface area (Å²) in [7, 11) is 0. The molecule has 0 unspecified atom stereocenters. The quantitative estimate of drug-likeness (QED) is 0.624. The van der Waals surface area contributed by atoms with Gasteiger partial charge in [-0.05, 0) is 31.2 Å². The van der Waals surface area contributed by atoms with Gasteiger partial charge in [-0.15, -0.1) is 0 Å². The molecule has 0 aromatic carbocycles. The standard InChI is InChI=1S/C14H29N/c1-3-5-7-10-14(13-15-4-2)11-8-6-9-12-14/h15H,3-13H2,1-2H3. The minimum absolute atomic E-state index is 0.670. The Hall–Kier alpha value is -0.0400. The Labute approximate surface area is 96.0 Å². The van der Waals surface area contributed by atoms with Crippen LogP contribution >= 0.6 is 0 Å². The summed E-state index contributed by atoms with van der Waals surface area (Å²) >= 11 is 0. The Balaban J connectivity index is 2.35. The lowest BCUT2D eigenvalue weighted by molar-refractivity contribution is 0.162. The Morgan fingerprint density at radius 1 is 1.00 bits per heavy atom. The van der Waals surface area contributed by atoms with Crippen LogP contribution in [0.3, 0.4) is 0 Å². The van der Waals surface area contributed by atoms with Gasteiger partial charge < -0.3 is 5.32 Å². The summed E-state index contributed by atoms with van der Waals surface area (Å²) in [6.45, 7) is 6.93. The summed E-state index contributed by atoms with van der Waals surface area (Å²) in [6.07, 6.45) is 13.1. The molecule has 15 heavy (non-hydrogen) atoms. The van der Waals surface area contributed by atoms with Crippen molar-refractivity contribution in [2.75, 3.05) is 13.1 Å². The van der Waals surface area contributed by atoms with Crippen LogP contribution in [-0.2, 0) is 0 Å². The molecule has 1 fully saturated rings. The minimum atomic E-state index is 0.670. The van der Waals surface area contributed by atoms with E-state index in [1.165, 1.54) is 64.3 Å². The summed E-state index contributed by atoms with van der Waals surface area (Å²) in [6, 6.07) is 0. The molecule has 0 amide bonds. The van der Waals surface area contributed by atoms with Gasteiger partial charge in [0.2, 0.25) is 0 Å². The fourth-order valence-electron chi connectivity index (χ4n) is 2.96. The highest BCUT2D eigenvalue weighted by Crippen LogP contribution is 2.40. The van der Waals surface area contributed by atoms with Crippen LogP contribution in [-0.4, -0.2) is 13.1 Å². The van der Waals surface area contributed by atoms with Gasteiger partial charge in [0, 0.05) is 6.54 Å². The van der Waals surface area contributed by atoms with Gasteiger partial charge in [0.1, 0.15) is 0 Å². The summed E-state index contributed by atoms with van der Waals surface area (Å²) in [5, 5.41) is 3.59. The second-order valence-corrected chi connectivity index (χ2v) is 5.30. The van der Waals surface area contributed by atoms with Crippen LogP contribution in [0.15, 0.2) is 0 Å². The monoisotopic (exact) mass is 211 g/mol. The lowest BCUT2D eigenvalue weighted by atomic mass is 9.71. The van der Waals surface area contributed by atoms with Gasteiger partial charge in [0.15, 0.2) is 0 Å². The maximum atomic E-state index is 3.59. The van der Waals surface area contributed by atoms with Gasteiger partial charge in [-0.2, -0.15) is 0 Å². The van der Waals surface area contributed by atoms with Crippen molar-refractivity contribution in [2.45, 2.75) is 71.6 Å². The first-order valence-electron chi connectivity index (χ1n) is 7.04. The van der Waals surface area contributed by atoms with E-state index in [0.717, 1.165) is 6.54 Å². The molecule has 0 bridgehead atoms. The first-order valence-corrected chi connectivity index (χ1v) is 7.04. The summed E-state index contributed by atoms with van der Waals surface area (Å²) in [5.41, 5.74) is 0.670. The van der Waals surface area contributed by atoms with E-state index < -0.39 is 0 Å². The molecule has 0 aromatic heterocycles. The summed E-state index contributed by atoms with van der Waals surface area (Å²) in [5.74, 6) is 0. The molecule has 0 atom stereocenters. The third-order valence-corrected chi connectivity index (χ3v) is 3.97. The fourth-order valence-corrected chi connectivity index (χ4v) is 2.96. The molecular formula is C14H29N. The van der Waals surface area contributed by atoms with Crippen molar-refractivity contribution in [3.05, 3.63) is 0 Å². The average Bonchev–Trinajstić information content (AvgIpc) is 2.28. The van der Waals surface area contributed by atoms with Crippen LogP contribution in [0.2, 0.25) is 0 Å². The van der Waals surface area contributed by atoms with Crippen molar-refractivity contribution < 1.29 is 0 Å². The molecule has 1 saturated carbocycles. The van der Waals surface area contributed by atoms with E-state index in [1.807, 2.05) is 0 Å². The predicted octanol–water partition coefficient (Wildman–Crippen LogP) is 4.13. The van der Waals surface area contributed by atoms with Crippen molar-refractivity contribution in [2.24, 2.45) is 5.41 Å². The van der Waals surface area contributed by atoms with Crippen LogP contribution in [0.4, 0.5) is 0 Å². The van der Waals surface area contributed by atoms with Gasteiger partial charge in [0.05, 0.1) is 0 Å². The molecule has 90 valence electrons. The first kappa shape index (κ1) is 13.0. The fraction of sp³-hybridized carbons (Fsp3) is 1.00. The van der Waals surface area contributed by atoms with E-state index in [0.29, 0.717) is 5.41 Å². The predicted molar refractivity (Wildman–Crippen MR) is 68.2 cm³/mol. The van der Waals surface area contributed by atoms with E-state index in [1.54, 1.807) is 0 Å². The smallest absolute Gasteiger partial charge is 0.000769 e. The third kappa shape index (κ3) is 4.55. The maximum absolute atomic E-state index is 3.59. The van der Waals surface area contributed by atoms with Crippen LogP contribution in [0.1, 0.15) is 71.6 Å².